The Bertz CT molecular complexity index is 263. The van der Waals surface area contributed by atoms with Crippen molar-refractivity contribution in [1.29, 1.82) is 0 Å². The summed E-state index contributed by atoms with van der Waals surface area (Å²) in [7, 11) is 0. The van der Waals surface area contributed by atoms with Gasteiger partial charge in [-0.1, -0.05) is 43.7 Å². The van der Waals surface area contributed by atoms with Crippen LogP contribution in [0, 0.1) is 12.8 Å². The molecule has 0 fully saturated rings. The highest BCUT2D eigenvalue weighted by molar-refractivity contribution is 5.21. The maximum absolute atomic E-state index is 5.99. The van der Waals surface area contributed by atoms with Crippen molar-refractivity contribution >= 4 is 0 Å². The summed E-state index contributed by atoms with van der Waals surface area (Å²) < 4.78 is 0. The molecule has 1 aromatic rings. The first-order valence-corrected chi connectivity index (χ1v) is 5.44. The van der Waals surface area contributed by atoms with Crippen molar-refractivity contribution in [2.24, 2.45) is 11.7 Å². The van der Waals surface area contributed by atoms with Crippen LogP contribution in [-0.4, -0.2) is 6.04 Å². The molecule has 1 aromatic carbocycles. The van der Waals surface area contributed by atoms with Crippen molar-refractivity contribution in [3.05, 3.63) is 35.4 Å². The molecule has 2 unspecified atom stereocenters. The zero-order valence-corrected chi connectivity index (χ0v) is 9.46. The van der Waals surface area contributed by atoms with Crippen molar-refractivity contribution in [2.75, 3.05) is 0 Å². The number of aryl methyl sites for hydroxylation is 1. The van der Waals surface area contributed by atoms with Crippen LogP contribution in [0.1, 0.15) is 31.4 Å². The Kier molecular flexibility index (Phi) is 4.15. The Morgan fingerprint density at radius 1 is 1.21 bits per heavy atom. The Morgan fingerprint density at radius 3 is 2.29 bits per heavy atom. The molecule has 2 N–H and O–H groups in total. The quantitative estimate of drug-likeness (QED) is 0.778. The largest absolute Gasteiger partial charge is 0.327 e. The number of benzene rings is 1. The Balaban J connectivity index is 2.56. The van der Waals surface area contributed by atoms with E-state index in [4.69, 9.17) is 5.73 Å². The van der Waals surface area contributed by atoms with Gasteiger partial charge in [-0.2, -0.15) is 0 Å². The molecule has 14 heavy (non-hydrogen) atoms. The van der Waals surface area contributed by atoms with Gasteiger partial charge in [0.1, 0.15) is 0 Å². The lowest BCUT2D eigenvalue weighted by Crippen LogP contribution is -2.28. The summed E-state index contributed by atoms with van der Waals surface area (Å²) in [6, 6.07) is 9.07. The van der Waals surface area contributed by atoms with E-state index in [9.17, 15) is 0 Å². The molecule has 0 heterocycles. The van der Waals surface area contributed by atoms with E-state index in [1.807, 2.05) is 0 Å². The van der Waals surface area contributed by atoms with E-state index in [-0.39, 0.29) is 0 Å². The molecule has 0 aliphatic rings. The Labute approximate surface area is 87.3 Å². The van der Waals surface area contributed by atoms with E-state index in [1.165, 1.54) is 11.1 Å². The second-order valence-corrected chi connectivity index (χ2v) is 4.24. The van der Waals surface area contributed by atoms with Gasteiger partial charge < -0.3 is 5.73 Å². The van der Waals surface area contributed by atoms with E-state index in [0.29, 0.717) is 12.0 Å². The summed E-state index contributed by atoms with van der Waals surface area (Å²) in [6.07, 6.45) is 2.16. The highest BCUT2D eigenvalue weighted by atomic mass is 14.6. The molecule has 1 heteroatoms. The highest BCUT2D eigenvalue weighted by Gasteiger charge is 2.10. The van der Waals surface area contributed by atoms with Crippen LogP contribution in [0.2, 0.25) is 0 Å². The molecule has 0 saturated heterocycles. The van der Waals surface area contributed by atoms with Crippen molar-refractivity contribution in [1.82, 2.24) is 0 Å². The zero-order valence-electron chi connectivity index (χ0n) is 9.46. The minimum absolute atomic E-state index is 0.330. The van der Waals surface area contributed by atoms with Gasteiger partial charge in [-0.05, 0) is 31.2 Å². The molecule has 78 valence electrons. The van der Waals surface area contributed by atoms with E-state index in [0.717, 1.165) is 12.8 Å². The number of hydrogen-bond donors (Lipinski definition) is 1. The molecule has 0 aliphatic carbocycles. The van der Waals surface area contributed by atoms with Crippen LogP contribution in [0.15, 0.2) is 24.3 Å². The zero-order chi connectivity index (χ0) is 10.6. The van der Waals surface area contributed by atoms with Crippen molar-refractivity contribution in [3.63, 3.8) is 0 Å². The molecule has 0 saturated carbocycles. The van der Waals surface area contributed by atoms with Gasteiger partial charge in [0, 0.05) is 6.04 Å². The average molecular weight is 191 g/mol. The van der Waals surface area contributed by atoms with E-state index in [1.54, 1.807) is 0 Å². The van der Waals surface area contributed by atoms with Gasteiger partial charge in [-0.3, -0.25) is 0 Å². The monoisotopic (exact) mass is 191 g/mol. The summed E-state index contributed by atoms with van der Waals surface area (Å²) in [5, 5.41) is 0. The topological polar surface area (TPSA) is 26.0 Å². The van der Waals surface area contributed by atoms with Gasteiger partial charge in [0.2, 0.25) is 0 Å². The lowest BCUT2D eigenvalue weighted by molar-refractivity contribution is 0.442. The van der Waals surface area contributed by atoms with Crippen molar-refractivity contribution < 1.29 is 0 Å². The van der Waals surface area contributed by atoms with Crippen molar-refractivity contribution in [3.8, 4) is 0 Å². The molecule has 0 amide bonds. The third-order valence-corrected chi connectivity index (χ3v) is 2.88. The normalized spacial score (nSPS) is 15.1. The first kappa shape index (κ1) is 11.3. The van der Waals surface area contributed by atoms with Gasteiger partial charge in [0.05, 0.1) is 0 Å². The smallest absolute Gasteiger partial charge is 0.00650 e. The third-order valence-electron chi connectivity index (χ3n) is 2.88. The molecule has 0 bridgehead atoms. The number of nitrogens with two attached hydrogens (primary N) is 1. The summed E-state index contributed by atoms with van der Waals surface area (Å²) >= 11 is 0. The summed E-state index contributed by atoms with van der Waals surface area (Å²) in [6.45, 7) is 6.50. The molecule has 1 nitrogen and oxygen atoms in total. The van der Waals surface area contributed by atoms with Gasteiger partial charge >= 0.3 is 0 Å². The van der Waals surface area contributed by atoms with E-state index >= 15 is 0 Å². The van der Waals surface area contributed by atoms with Gasteiger partial charge in [0.15, 0.2) is 0 Å². The van der Waals surface area contributed by atoms with Crippen LogP contribution in [0.5, 0.6) is 0 Å². The van der Waals surface area contributed by atoms with Crippen LogP contribution in [0.25, 0.3) is 0 Å². The molecular formula is C13H21N. The predicted molar refractivity (Wildman–Crippen MR) is 62.3 cm³/mol. The van der Waals surface area contributed by atoms with E-state index in [2.05, 4.69) is 45.0 Å². The minimum Gasteiger partial charge on any atom is -0.327 e. The van der Waals surface area contributed by atoms with Crippen LogP contribution in [0.3, 0.4) is 0 Å². The fourth-order valence-corrected chi connectivity index (χ4v) is 1.65. The second-order valence-electron chi connectivity index (χ2n) is 4.24. The SMILES string of the molecule is CCC(N)C(C)Cc1ccc(C)cc1. The fraction of sp³-hybridized carbons (Fsp3) is 0.538. The average Bonchev–Trinajstić information content (AvgIpc) is 2.20. The van der Waals surface area contributed by atoms with E-state index < -0.39 is 0 Å². The summed E-state index contributed by atoms with van der Waals surface area (Å²) in [4.78, 5) is 0. The molecule has 2 atom stereocenters. The fourth-order valence-electron chi connectivity index (χ4n) is 1.65. The number of hydrogen-bond acceptors (Lipinski definition) is 1. The molecule has 0 aromatic heterocycles. The summed E-state index contributed by atoms with van der Waals surface area (Å²) in [5.41, 5.74) is 8.71. The molecule has 0 aliphatic heterocycles. The minimum atomic E-state index is 0.330. The molecular weight excluding hydrogens is 170 g/mol. The second kappa shape index (κ2) is 5.16. The molecule has 1 rings (SSSR count). The molecule has 0 radical (unpaired) electrons. The maximum Gasteiger partial charge on any atom is 0.00650 e. The predicted octanol–water partition coefficient (Wildman–Crippen LogP) is 2.91. The first-order valence-electron chi connectivity index (χ1n) is 5.44. The van der Waals surface area contributed by atoms with Crippen molar-refractivity contribution in [2.45, 2.75) is 39.7 Å². The molecule has 0 spiro atoms. The summed E-state index contributed by atoms with van der Waals surface area (Å²) in [5.74, 6) is 0.572. The highest BCUT2D eigenvalue weighted by Crippen LogP contribution is 2.13. The Morgan fingerprint density at radius 2 is 1.79 bits per heavy atom. The maximum atomic E-state index is 5.99. The van der Waals surface area contributed by atoms with Gasteiger partial charge in [0.25, 0.3) is 0 Å². The van der Waals surface area contributed by atoms with Crippen LogP contribution < -0.4 is 5.73 Å². The lowest BCUT2D eigenvalue weighted by atomic mass is 9.93. The first-order chi connectivity index (χ1) is 6.63. The standard InChI is InChI=1S/C13H21N/c1-4-13(14)11(3)9-12-7-5-10(2)6-8-12/h5-8,11,13H,4,9,14H2,1-3H3. The third kappa shape index (κ3) is 3.15. The number of rotatable bonds is 4. The van der Waals surface area contributed by atoms with Crippen LogP contribution >= 0.6 is 0 Å². The Hall–Kier alpha value is -0.820. The van der Waals surface area contributed by atoms with Crippen LogP contribution in [0.4, 0.5) is 0 Å². The lowest BCUT2D eigenvalue weighted by Gasteiger charge is -2.18. The van der Waals surface area contributed by atoms with Gasteiger partial charge in [-0.15, -0.1) is 0 Å². The van der Waals surface area contributed by atoms with Crippen LogP contribution in [-0.2, 0) is 6.42 Å². The van der Waals surface area contributed by atoms with Gasteiger partial charge in [-0.25, -0.2) is 0 Å².